The van der Waals surface area contributed by atoms with Crippen LogP contribution in [-0.4, -0.2) is 18.4 Å². The Morgan fingerprint density at radius 1 is 0.833 bits per heavy atom. The Bertz CT molecular complexity index is 1300. The van der Waals surface area contributed by atoms with Crippen LogP contribution in [0.4, 0.5) is 11.6 Å². The van der Waals surface area contributed by atoms with E-state index in [0.29, 0.717) is 21.9 Å². The summed E-state index contributed by atoms with van der Waals surface area (Å²) in [4.78, 5) is 9.16. The van der Waals surface area contributed by atoms with Crippen molar-refractivity contribution in [2.45, 2.75) is 17.9 Å². The van der Waals surface area contributed by atoms with E-state index < -0.39 is 10.0 Å². The number of aromatic nitrogens is 2. The van der Waals surface area contributed by atoms with Crippen molar-refractivity contribution in [2.24, 2.45) is 0 Å². The first-order valence-electron chi connectivity index (χ1n) is 9.29. The lowest BCUT2D eigenvalue weighted by atomic mass is 10.1. The standard InChI is InChI=1S/C22H19ClN4O2S/c1-15(16-8-3-2-4-9-16)24-21-22(26-20-13-6-5-12-19(20)25-21)27-30(28,29)18-11-7-10-17(23)14-18/h2-15H,1H3,(H,24,25)(H,26,27)/t15-/m1/s1. The molecule has 152 valence electrons. The summed E-state index contributed by atoms with van der Waals surface area (Å²) in [6, 6.07) is 23.1. The molecule has 8 heteroatoms. The van der Waals surface area contributed by atoms with Gasteiger partial charge >= 0.3 is 0 Å². The molecular weight excluding hydrogens is 420 g/mol. The van der Waals surface area contributed by atoms with Crippen molar-refractivity contribution in [3.8, 4) is 0 Å². The number of nitrogens with one attached hydrogen (secondary N) is 2. The molecule has 0 spiro atoms. The van der Waals surface area contributed by atoms with Gasteiger partial charge in [-0.1, -0.05) is 60.1 Å². The number of rotatable bonds is 6. The maximum atomic E-state index is 12.9. The molecule has 0 saturated carbocycles. The Morgan fingerprint density at radius 3 is 2.13 bits per heavy atom. The molecule has 0 aliphatic carbocycles. The summed E-state index contributed by atoms with van der Waals surface area (Å²) in [6.07, 6.45) is 0. The molecule has 0 aliphatic rings. The van der Waals surface area contributed by atoms with Crippen LogP contribution in [0.1, 0.15) is 18.5 Å². The third-order valence-corrected chi connectivity index (χ3v) is 6.13. The molecule has 3 aromatic carbocycles. The van der Waals surface area contributed by atoms with Crippen molar-refractivity contribution in [2.75, 3.05) is 10.0 Å². The van der Waals surface area contributed by atoms with Crippen LogP contribution in [-0.2, 0) is 10.0 Å². The number of hydrogen-bond donors (Lipinski definition) is 2. The second-order valence-corrected chi connectivity index (χ2v) is 8.87. The van der Waals surface area contributed by atoms with E-state index in [1.165, 1.54) is 12.1 Å². The molecule has 0 bridgehead atoms. The zero-order valence-corrected chi connectivity index (χ0v) is 17.7. The Hall–Kier alpha value is -3.16. The third-order valence-electron chi connectivity index (χ3n) is 4.56. The van der Waals surface area contributed by atoms with Gasteiger partial charge in [-0.25, -0.2) is 18.4 Å². The second-order valence-electron chi connectivity index (χ2n) is 6.75. The maximum absolute atomic E-state index is 12.9. The SMILES string of the molecule is C[C@@H](Nc1nc2ccccc2nc1NS(=O)(=O)c1cccc(Cl)c1)c1ccccc1. The van der Waals surface area contributed by atoms with Gasteiger partial charge < -0.3 is 5.32 Å². The average Bonchev–Trinajstić information content (AvgIpc) is 2.74. The van der Waals surface area contributed by atoms with E-state index in [-0.39, 0.29) is 16.8 Å². The van der Waals surface area contributed by atoms with E-state index in [0.717, 1.165) is 5.56 Å². The van der Waals surface area contributed by atoms with E-state index in [1.54, 1.807) is 18.2 Å². The lowest BCUT2D eigenvalue weighted by molar-refractivity contribution is 0.601. The van der Waals surface area contributed by atoms with Crippen LogP contribution < -0.4 is 10.0 Å². The first-order chi connectivity index (χ1) is 14.4. The molecule has 4 aromatic rings. The molecule has 1 aromatic heterocycles. The lowest BCUT2D eigenvalue weighted by Gasteiger charge is -2.18. The second kappa shape index (κ2) is 8.30. The Morgan fingerprint density at radius 2 is 1.47 bits per heavy atom. The highest BCUT2D eigenvalue weighted by molar-refractivity contribution is 7.92. The van der Waals surface area contributed by atoms with Gasteiger partial charge in [-0.05, 0) is 42.8 Å². The van der Waals surface area contributed by atoms with Crippen molar-refractivity contribution in [1.29, 1.82) is 0 Å². The van der Waals surface area contributed by atoms with Crippen LogP contribution in [0.15, 0.2) is 83.8 Å². The number of halogens is 1. The fourth-order valence-electron chi connectivity index (χ4n) is 3.02. The zero-order chi connectivity index (χ0) is 21.1. The summed E-state index contributed by atoms with van der Waals surface area (Å²) < 4.78 is 28.4. The number of hydrogen-bond acceptors (Lipinski definition) is 5. The molecule has 0 radical (unpaired) electrons. The molecule has 30 heavy (non-hydrogen) atoms. The quantitative estimate of drug-likeness (QED) is 0.429. The summed E-state index contributed by atoms with van der Waals surface area (Å²) in [7, 11) is -3.90. The highest BCUT2D eigenvalue weighted by Crippen LogP contribution is 2.28. The normalized spacial score (nSPS) is 12.5. The molecule has 4 rings (SSSR count). The number of benzene rings is 3. The van der Waals surface area contributed by atoms with Gasteiger partial charge in [0.05, 0.1) is 22.0 Å². The van der Waals surface area contributed by atoms with Gasteiger partial charge in [0, 0.05) is 5.02 Å². The van der Waals surface area contributed by atoms with Crippen molar-refractivity contribution in [1.82, 2.24) is 9.97 Å². The highest BCUT2D eigenvalue weighted by Gasteiger charge is 2.20. The Balaban J connectivity index is 1.75. The number of sulfonamides is 1. The van der Waals surface area contributed by atoms with E-state index in [2.05, 4.69) is 20.0 Å². The average molecular weight is 439 g/mol. The fourth-order valence-corrected chi connectivity index (χ4v) is 4.33. The predicted octanol–water partition coefficient (Wildman–Crippen LogP) is 5.26. The molecule has 6 nitrogen and oxygen atoms in total. The largest absolute Gasteiger partial charge is 0.360 e. The van der Waals surface area contributed by atoms with Gasteiger partial charge in [0.1, 0.15) is 0 Å². The van der Waals surface area contributed by atoms with E-state index in [4.69, 9.17) is 11.6 Å². The summed E-state index contributed by atoms with van der Waals surface area (Å²) >= 11 is 5.97. The minimum Gasteiger partial charge on any atom is -0.360 e. The summed E-state index contributed by atoms with van der Waals surface area (Å²) in [6.45, 7) is 1.97. The summed E-state index contributed by atoms with van der Waals surface area (Å²) in [5.41, 5.74) is 2.28. The number of fused-ring (bicyclic) bond motifs is 1. The molecule has 2 N–H and O–H groups in total. The van der Waals surface area contributed by atoms with E-state index >= 15 is 0 Å². The monoisotopic (exact) mass is 438 g/mol. The lowest BCUT2D eigenvalue weighted by Crippen LogP contribution is -2.17. The zero-order valence-electron chi connectivity index (χ0n) is 16.1. The highest BCUT2D eigenvalue weighted by atomic mass is 35.5. The molecule has 0 fully saturated rings. The van der Waals surface area contributed by atoms with Crippen molar-refractivity contribution in [3.63, 3.8) is 0 Å². The predicted molar refractivity (Wildman–Crippen MR) is 120 cm³/mol. The molecular formula is C22H19ClN4O2S. The topological polar surface area (TPSA) is 84.0 Å². The first-order valence-corrected chi connectivity index (χ1v) is 11.2. The van der Waals surface area contributed by atoms with Gasteiger partial charge in [-0.3, -0.25) is 4.72 Å². The smallest absolute Gasteiger partial charge is 0.263 e. The van der Waals surface area contributed by atoms with Crippen LogP contribution >= 0.6 is 11.6 Å². The molecule has 0 aliphatic heterocycles. The Kier molecular flexibility index (Phi) is 5.57. The fraction of sp³-hybridized carbons (Fsp3) is 0.0909. The van der Waals surface area contributed by atoms with Crippen LogP contribution in [0.25, 0.3) is 11.0 Å². The number of nitrogens with zero attached hydrogens (tertiary/aromatic N) is 2. The van der Waals surface area contributed by atoms with Crippen LogP contribution in [0.5, 0.6) is 0 Å². The van der Waals surface area contributed by atoms with Gasteiger partial charge in [0.25, 0.3) is 10.0 Å². The van der Waals surface area contributed by atoms with Crippen LogP contribution in [0.3, 0.4) is 0 Å². The van der Waals surface area contributed by atoms with Crippen molar-refractivity contribution < 1.29 is 8.42 Å². The minimum absolute atomic E-state index is 0.0482. The summed E-state index contributed by atoms with van der Waals surface area (Å²) in [5, 5.41) is 3.61. The molecule has 1 atom stereocenters. The van der Waals surface area contributed by atoms with Gasteiger partial charge in [-0.15, -0.1) is 0 Å². The van der Waals surface area contributed by atoms with E-state index in [1.807, 2.05) is 55.5 Å². The third kappa shape index (κ3) is 4.37. The molecule has 0 saturated heterocycles. The van der Waals surface area contributed by atoms with Crippen molar-refractivity contribution in [3.05, 3.63) is 89.4 Å². The minimum atomic E-state index is -3.90. The van der Waals surface area contributed by atoms with Crippen LogP contribution in [0.2, 0.25) is 5.02 Å². The number of anilines is 2. The number of para-hydroxylation sites is 2. The van der Waals surface area contributed by atoms with Gasteiger partial charge in [0.15, 0.2) is 11.6 Å². The van der Waals surface area contributed by atoms with Gasteiger partial charge in [0.2, 0.25) is 0 Å². The Labute approximate surface area is 180 Å². The molecule has 0 unspecified atom stereocenters. The summed E-state index contributed by atoms with van der Waals surface area (Å²) in [5.74, 6) is 0.465. The maximum Gasteiger partial charge on any atom is 0.263 e. The first kappa shape index (κ1) is 20.1. The van der Waals surface area contributed by atoms with Crippen molar-refractivity contribution >= 4 is 44.3 Å². The van der Waals surface area contributed by atoms with Crippen LogP contribution in [0, 0.1) is 0 Å². The van der Waals surface area contributed by atoms with E-state index in [9.17, 15) is 8.42 Å². The van der Waals surface area contributed by atoms with Gasteiger partial charge in [-0.2, -0.15) is 0 Å². The molecule has 0 amide bonds. The molecule has 1 heterocycles.